The summed E-state index contributed by atoms with van der Waals surface area (Å²) in [5.41, 5.74) is 0. The van der Waals surface area contributed by atoms with Gasteiger partial charge in [-0.15, -0.1) is 0 Å². The minimum atomic E-state index is -0.940. The van der Waals surface area contributed by atoms with E-state index >= 15 is 0 Å². The zero-order valence-electron chi connectivity index (χ0n) is 2.06. The van der Waals surface area contributed by atoms with Gasteiger partial charge in [-0.3, -0.25) is 5.84 Å². The molecule has 0 saturated heterocycles. The fraction of sp³-hybridized carbons (Fsp3) is 0. The van der Waals surface area contributed by atoms with E-state index in [-0.39, 0.29) is 0 Å². The van der Waals surface area contributed by atoms with Gasteiger partial charge in [-0.1, -0.05) is 0 Å². The van der Waals surface area contributed by atoms with Crippen molar-refractivity contribution in [2.24, 2.45) is 5.84 Å². The molecule has 0 heterocycles. The van der Waals surface area contributed by atoms with E-state index in [2.05, 4.69) is 5.84 Å². The summed E-state index contributed by atoms with van der Waals surface area (Å²) in [6.45, 7) is 0. The molecule has 4 heavy (non-hydrogen) atoms. The summed E-state index contributed by atoms with van der Waals surface area (Å²) in [7, 11) is -0.940. The highest BCUT2D eigenvalue weighted by atomic mass is 31.1. The highest BCUT2D eigenvalue weighted by Crippen LogP contribution is 1.65. The van der Waals surface area contributed by atoms with Gasteiger partial charge in [0.25, 0.3) is 0 Å². The van der Waals surface area contributed by atoms with E-state index in [4.69, 9.17) is 4.57 Å². The van der Waals surface area contributed by atoms with Gasteiger partial charge in [0.1, 0.15) is 8.61 Å². The topological polar surface area (TPSA) is 55.1 Å². The predicted octanol–water partition coefficient (Wildman–Crippen LogP) is -0.879. The number of hydrogen-bond donors (Lipinski definition) is 2. The molecule has 0 rings (SSSR count). The van der Waals surface area contributed by atoms with Crippen LogP contribution < -0.4 is 11.0 Å². The number of rotatable bonds is 1. The van der Waals surface area contributed by atoms with Crippen molar-refractivity contribution >= 4 is 8.61 Å². The zero-order chi connectivity index (χ0) is 3.41. The van der Waals surface area contributed by atoms with Crippen molar-refractivity contribution in [1.82, 2.24) is 5.20 Å². The summed E-state index contributed by atoms with van der Waals surface area (Å²) in [5, 5.41) is 1.96. The highest BCUT2D eigenvalue weighted by Gasteiger charge is 1.41. The van der Waals surface area contributed by atoms with Gasteiger partial charge in [0.2, 0.25) is 0 Å². The van der Waals surface area contributed by atoms with Crippen LogP contribution in [0.25, 0.3) is 0 Å². The average molecular weight is 80.0 g/mol. The summed E-state index contributed by atoms with van der Waals surface area (Å²) in [5.74, 6) is 4.50. The first-order valence-corrected chi connectivity index (χ1v) is 1.86. The number of nitrogens with two attached hydrogens (primary N) is 1. The maximum Gasteiger partial charge on any atom is 0.137 e. The SMILES string of the molecule is NN[PH2]=O. The summed E-state index contributed by atoms with van der Waals surface area (Å²) in [6, 6.07) is 0. The first-order valence-electron chi connectivity index (χ1n) is 0.813. The van der Waals surface area contributed by atoms with Crippen LogP contribution in [0.3, 0.4) is 0 Å². The van der Waals surface area contributed by atoms with Gasteiger partial charge in [-0.2, -0.15) is 0 Å². The van der Waals surface area contributed by atoms with Crippen LogP contribution in [0.2, 0.25) is 0 Å². The number of hydrogen-bond acceptors (Lipinski definition) is 2. The molecular formula is H5N2OP. The Morgan fingerprint density at radius 3 is 2.25 bits per heavy atom. The van der Waals surface area contributed by atoms with Crippen LogP contribution in [0.1, 0.15) is 0 Å². The fourth-order valence-corrected chi connectivity index (χ4v) is 0. The largest absolute Gasteiger partial charge is 0.312 e. The third-order valence-electron chi connectivity index (χ3n) is 0.0680. The van der Waals surface area contributed by atoms with Gasteiger partial charge in [-0.25, -0.2) is 5.20 Å². The molecule has 3 N–H and O–H groups in total. The molecule has 0 aromatic heterocycles. The number of nitrogens with one attached hydrogen (secondary N) is 1. The van der Waals surface area contributed by atoms with Crippen LogP contribution in [0, 0.1) is 0 Å². The second kappa shape index (κ2) is 3.15. The normalized spacial score (nSPS) is 10.2. The summed E-state index contributed by atoms with van der Waals surface area (Å²) < 4.78 is 9.15. The van der Waals surface area contributed by atoms with E-state index < -0.39 is 8.61 Å². The van der Waals surface area contributed by atoms with E-state index in [0.29, 0.717) is 0 Å². The van der Waals surface area contributed by atoms with Crippen molar-refractivity contribution in [2.45, 2.75) is 0 Å². The summed E-state index contributed by atoms with van der Waals surface area (Å²) >= 11 is 0. The Bertz CT molecular complexity index is 20.0. The Morgan fingerprint density at radius 2 is 2.25 bits per heavy atom. The van der Waals surface area contributed by atoms with Gasteiger partial charge < -0.3 is 4.57 Å². The Labute approximate surface area is 25.4 Å². The van der Waals surface area contributed by atoms with Crippen molar-refractivity contribution in [3.63, 3.8) is 0 Å². The van der Waals surface area contributed by atoms with E-state index in [1.807, 2.05) is 5.20 Å². The predicted molar refractivity (Wildman–Crippen MR) is 17.7 cm³/mol. The monoisotopic (exact) mass is 80.0 g/mol. The molecule has 0 aromatic carbocycles. The smallest absolute Gasteiger partial charge is 0.137 e. The zero-order valence-corrected chi connectivity index (χ0v) is 3.22. The van der Waals surface area contributed by atoms with E-state index in [9.17, 15) is 0 Å². The lowest BCUT2D eigenvalue weighted by Gasteiger charge is -1.65. The Balaban J connectivity index is 2.30. The van der Waals surface area contributed by atoms with Gasteiger partial charge >= 0.3 is 0 Å². The molecular weight excluding hydrogens is 75.0 g/mol. The molecule has 0 aliphatic carbocycles. The van der Waals surface area contributed by atoms with Crippen LogP contribution >= 0.6 is 8.61 Å². The highest BCUT2D eigenvalue weighted by molar-refractivity contribution is 7.20. The third-order valence-corrected chi connectivity index (χ3v) is 0.204. The molecule has 0 aromatic rings. The first-order chi connectivity index (χ1) is 1.91. The molecule has 0 amide bonds. The molecule has 4 heteroatoms. The molecule has 26 valence electrons. The lowest BCUT2D eigenvalue weighted by Crippen LogP contribution is -2.05. The van der Waals surface area contributed by atoms with E-state index in [1.165, 1.54) is 0 Å². The maximum absolute atomic E-state index is 9.15. The molecule has 0 saturated carbocycles. The first kappa shape index (κ1) is 4.15. The van der Waals surface area contributed by atoms with Crippen LogP contribution in [-0.4, -0.2) is 0 Å². The third kappa shape index (κ3) is 2.15. The van der Waals surface area contributed by atoms with E-state index in [1.54, 1.807) is 0 Å². The maximum atomic E-state index is 9.15. The molecule has 0 aliphatic heterocycles. The average Bonchev–Trinajstić information content (AvgIpc) is 1.37. The minimum Gasteiger partial charge on any atom is -0.312 e. The van der Waals surface area contributed by atoms with Gasteiger partial charge in [0, 0.05) is 0 Å². The van der Waals surface area contributed by atoms with Crippen LogP contribution in [-0.2, 0) is 4.57 Å². The Kier molecular flexibility index (Phi) is 3.27. The molecule has 0 bridgehead atoms. The van der Waals surface area contributed by atoms with Crippen molar-refractivity contribution < 1.29 is 4.57 Å². The van der Waals surface area contributed by atoms with Gasteiger partial charge in [0.15, 0.2) is 0 Å². The lowest BCUT2D eigenvalue weighted by molar-refractivity contribution is 0.592. The van der Waals surface area contributed by atoms with Crippen LogP contribution in [0.4, 0.5) is 0 Å². The molecule has 0 spiro atoms. The standard InChI is InChI=1S/H5N2OP/c1-2-4-3/h1,4H2,(H,2,3). The van der Waals surface area contributed by atoms with Crippen molar-refractivity contribution in [1.29, 1.82) is 0 Å². The van der Waals surface area contributed by atoms with Crippen molar-refractivity contribution in [2.75, 3.05) is 0 Å². The lowest BCUT2D eigenvalue weighted by atomic mass is 13.0. The molecule has 0 fully saturated rings. The van der Waals surface area contributed by atoms with Gasteiger partial charge in [-0.05, 0) is 0 Å². The quantitative estimate of drug-likeness (QED) is 0.244. The van der Waals surface area contributed by atoms with Crippen molar-refractivity contribution in [3.05, 3.63) is 0 Å². The van der Waals surface area contributed by atoms with Gasteiger partial charge in [0.05, 0.1) is 0 Å². The van der Waals surface area contributed by atoms with E-state index in [0.717, 1.165) is 0 Å². The van der Waals surface area contributed by atoms with Crippen LogP contribution in [0.15, 0.2) is 0 Å². The molecule has 1 atom stereocenters. The fourth-order valence-electron chi connectivity index (χ4n) is 0. The minimum absolute atomic E-state index is 0.940. The summed E-state index contributed by atoms with van der Waals surface area (Å²) in [4.78, 5) is 0. The Hall–Kier alpha value is 0.150. The molecule has 1 unspecified atom stereocenters. The van der Waals surface area contributed by atoms with Crippen LogP contribution in [0.5, 0.6) is 0 Å². The molecule has 3 nitrogen and oxygen atoms in total. The second-order valence-electron chi connectivity index (χ2n) is 0.285. The molecule has 0 radical (unpaired) electrons. The van der Waals surface area contributed by atoms with Crippen molar-refractivity contribution in [3.8, 4) is 0 Å². The second-order valence-corrected chi connectivity index (χ2v) is 0.854. The molecule has 0 aliphatic rings. The number of hydrazine groups is 1. The summed E-state index contributed by atoms with van der Waals surface area (Å²) in [6.07, 6.45) is 0. The Morgan fingerprint density at radius 1 is 2.00 bits per heavy atom.